The second-order valence-corrected chi connectivity index (χ2v) is 4.07. The predicted molar refractivity (Wildman–Crippen MR) is 61.6 cm³/mol. The van der Waals surface area contributed by atoms with E-state index < -0.39 is 0 Å². The summed E-state index contributed by atoms with van der Waals surface area (Å²) in [5.74, 6) is 0.208. The first-order valence-electron chi connectivity index (χ1n) is 5.72. The quantitative estimate of drug-likeness (QED) is 0.814. The molecule has 86 valence electrons. The third-order valence-electron chi connectivity index (χ3n) is 2.91. The topological polar surface area (TPSA) is 59.2 Å². The average Bonchev–Trinajstić information content (AvgIpc) is 2.35. The summed E-state index contributed by atoms with van der Waals surface area (Å²) in [6.45, 7) is 2.07. The maximum atomic E-state index is 11.8. The molecule has 0 aromatic carbocycles. The van der Waals surface area contributed by atoms with E-state index in [4.69, 9.17) is 5.73 Å². The van der Waals surface area contributed by atoms with E-state index in [0.717, 1.165) is 25.1 Å². The molecule has 0 bridgehead atoms. The lowest BCUT2D eigenvalue weighted by Crippen LogP contribution is -2.36. The summed E-state index contributed by atoms with van der Waals surface area (Å²) in [6, 6.07) is 3.97. The van der Waals surface area contributed by atoms with E-state index in [2.05, 4.69) is 4.98 Å². The number of hydrogen-bond acceptors (Lipinski definition) is 3. The Morgan fingerprint density at radius 3 is 3.25 bits per heavy atom. The standard InChI is InChI=1S/C12H17N3O/c13-6-1-4-12(16)15-8-5-11-10(9-15)3-2-7-14-11/h2-3,7H,1,4-6,8-9,13H2. The largest absolute Gasteiger partial charge is 0.338 e. The molecule has 1 aliphatic heterocycles. The average molecular weight is 219 g/mol. The van der Waals surface area contributed by atoms with Gasteiger partial charge in [0.2, 0.25) is 5.91 Å². The van der Waals surface area contributed by atoms with Crippen molar-refractivity contribution in [2.24, 2.45) is 5.73 Å². The number of nitrogens with two attached hydrogens (primary N) is 1. The summed E-state index contributed by atoms with van der Waals surface area (Å²) < 4.78 is 0. The number of fused-ring (bicyclic) bond motifs is 1. The number of aromatic nitrogens is 1. The van der Waals surface area contributed by atoms with Gasteiger partial charge >= 0.3 is 0 Å². The molecule has 2 heterocycles. The normalized spacial score (nSPS) is 14.7. The van der Waals surface area contributed by atoms with Crippen LogP contribution >= 0.6 is 0 Å². The number of carbonyl (C=O) groups excluding carboxylic acids is 1. The van der Waals surface area contributed by atoms with Crippen molar-refractivity contribution in [2.75, 3.05) is 13.1 Å². The zero-order valence-electron chi connectivity index (χ0n) is 9.35. The third kappa shape index (κ3) is 2.39. The van der Waals surface area contributed by atoms with E-state index in [0.29, 0.717) is 19.5 Å². The van der Waals surface area contributed by atoms with E-state index in [-0.39, 0.29) is 5.91 Å². The van der Waals surface area contributed by atoms with Crippen LogP contribution in [0.5, 0.6) is 0 Å². The smallest absolute Gasteiger partial charge is 0.222 e. The van der Waals surface area contributed by atoms with Gasteiger partial charge in [-0.15, -0.1) is 0 Å². The van der Waals surface area contributed by atoms with Crippen LogP contribution in [0.3, 0.4) is 0 Å². The highest BCUT2D eigenvalue weighted by atomic mass is 16.2. The Kier molecular flexibility index (Phi) is 3.51. The lowest BCUT2D eigenvalue weighted by atomic mass is 10.1. The Balaban J connectivity index is 1.99. The molecule has 0 aliphatic carbocycles. The molecule has 0 radical (unpaired) electrons. The summed E-state index contributed by atoms with van der Waals surface area (Å²) in [5.41, 5.74) is 7.71. The Morgan fingerprint density at radius 2 is 2.44 bits per heavy atom. The highest BCUT2D eigenvalue weighted by molar-refractivity contribution is 5.76. The number of amides is 1. The van der Waals surface area contributed by atoms with E-state index >= 15 is 0 Å². The van der Waals surface area contributed by atoms with Crippen LogP contribution in [-0.2, 0) is 17.8 Å². The van der Waals surface area contributed by atoms with Crippen molar-refractivity contribution in [3.63, 3.8) is 0 Å². The summed E-state index contributed by atoms with van der Waals surface area (Å²) >= 11 is 0. The fraction of sp³-hybridized carbons (Fsp3) is 0.500. The number of carbonyl (C=O) groups is 1. The number of nitrogens with zero attached hydrogens (tertiary/aromatic N) is 2. The lowest BCUT2D eigenvalue weighted by molar-refractivity contribution is -0.132. The van der Waals surface area contributed by atoms with E-state index in [1.54, 1.807) is 0 Å². The molecule has 0 saturated heterocycles. The van der Waals surface area contributed by atoms with Crippen molar-refractivity contribution in [2.45, 2.75) is 25.8 Å². The second kappa shape index (κ2) is 5.07. The Hall–Kier alpha value is -1.42. The molecular formula is C12H17N3O. The summed E-state index contributed by atoms with van der Waals surface area (Å²) in [6.07, 6.45) is 4.01. The number of pyridine rings is 1. The minimum Gasteiger partial charge on any atom is -0.338 e. The van der Waals surface area contributed by atoms with Gasteiger partial charge in [-0.05, 0) is 24.6 Å². The Morgan fingerprint density at radius 1 is 1.56 bits per heavy atom. The molecule has 0 saturated carbocycles. The number of rotatable bonds is 3. The molecule has 0 unspecified atom stereocenters. The van der Waals surface area contributed by atoms with Crippen molar-refractivity contribution < 1.29 is 4.79 Å². The van der Waals surface area contributed by atoms with Crippen LogP contribution in [0.15, 0.2) is 18.3 Å². The molecule has 2 rings (SSSR count). The molecular weight excluding hydrogens is 202 g/mol. The van der Waals surface area contributed by atoms with Gasteiger partial charge in [0, 0.05) is 37.8 Å². The monoisotopic (exact) mass is 219 g/mol. The van der Waals surface area contributed by atoms with Gasteiger partial charge in [-0.3, -0.25) is 9.78 Å². The molecule has 0 spiro atoms. The first-order chi connectivity index (χ1) is 7.81. The van der Waals surface area contributed by atoms with Crippen LogP contribution < -0.4 is 5.73 Å². The van der Waals surface area contributed by atoms with Crippen molar-refractivity contribution in [1.82, 2.24) is 9.88 Å². The Bertz CT molecular complexity index is 378. The second-order valence-electron chi connectivity index (χ2n) is 4.07. The SMILES string of the molecule is NCCCC(=O)N1CCc2ncccc2C1. The molecule has 1 aromatic rings. The third-order valence-corrected chi connectivity index (χ3v) is 2.91. The van der Waals surface area contributed by atoms with Gasteiger partial charge in [-0.2, -0.15) is 0 Å². The lowest BCUT2D eigenvalue weighted by Gasteiger charge is -2.28. The van der Waals surface area contributed by atoms with Gasteiger partial charge in [0.25, 0.3) is 0 Å². The molecule has 1 amide bonds. The minimum absolute atomic E-state index is 0.208. The molecule has 1 aromatic heterocycles. The zero-order valence-corrected chi connectivity index (χ0v) is 9.35. The maximum Gasteiger partial charge on any atom is 0.222 e. The first kappa shape index (κ1) is 11.1. The van der Waals surface area contributed by atoms with Crippen LogP contribution in [0.1, 0.15) is 24.1 Å². The Labute approximate surface area is 95.5 Å². The van der Waals surface area contributed by atoms with E-state index in [1.165, 1.54) is 5.56 Å². The first-order valence-corrected chi connectivity index (χ1v) is 5.72. The van der Waals surface area contributed by atoms with Crippen LogP contribution in [0.2, 0.25) is 0 Å². The van der Waals surface area contributed by atoms with Crippen LogP contribution in [0.25, 0.3) is 0 Å². The molecule has 16 heavy (non-hydrogen) atoms. The fourth-order valence-electron chi connectivity index (χ4n) is 1.99. The van der Waals surface area contributed by atoms with Crippen LogP contribution in [-0.4, -0.2) is 28.9 Å². The van der Waals surface area contributed by atoms with Gasteiger partial charge in [0.1, 0.15) is 0 Å². The molecule has 1 aliphatic rings. The summed E-state index contributed by atoms with van der Waals surface area (Å²) in [5, 5.41) is 0. The van der Waals surface area contributed by atoms with Gasteiger partial charge in [0.15, 0.2) is 0 Å². The maximum absolute atomic E-state index is 11.8. The van der Waals surface area contributed by atoms with Crippen LogP contribution in [0.4, 0.5) is 0 Å². The van der Waals surface area contributed by atoms with Crippen molar-refractivity contribution in [1.29, 1.82) is 0 Å². The van der Waals surface area contributed by atoms with Gasteiger partial charge in [0.05, 0.1) is 0 Å². The van der Waals surface area contributed by atoms with Crippen molar-refractivity contribution in [3.8, 4) is 0 Å². The van der Waals surface area contributed by atoms with Gasteiger partial charge in [-0.1, -0.05) is 6.07 Å². The zero-order chi connectivity index (χ0) is 11.4. The van der Waals surface area contributed by atoms with E-state index in [9.17, 15) is 4.79 Å². The number of hydrogen-bond donors (Lipinski definition) is 1. The summed E-state index contributed by atoms with van der Waals surface area (Å²) in [4.78, 5) is 18.0. The summed E-state index contributed by atoms with van der Waals surface area (Å²) in [7, 11) is 0. The fourth-order valence-corrected chi connectivity index (χ4v) is 1.99. The van der Waals surface area contributed by atoms with E-state index in [1.807, 2.05) is 23.2 Å². The highest BCUT2D eigenvalue weighted by Crippen LogP contribution is 2.17. The minimum atomic E-state index is 0.208. The molecule has 2 N–H and O–H groups in total. The van der Waals surface area contributed by atoms with Gasteiger partial charge in [-0.25, -0.2) is 0 Å². The van der Waals surface area contributed by atoms with Crippen LogP contribution in [0, 0.1) is 0 Å². The molecule has 4 heteroatoms. The molecule has 4 nitrogen and oxygen atoms in total. The van der Waals surface area contributed by atoms with Crippen molar-refractivity contribution in [3.05, 3.63) is 29.6 Å². The molecule has 0 fully saturated rings. The highest BCUT2D eigenvalue weighted by Gasteiger charge is 2.20. The van der Waals surface area contributed by atoms with Crippen molar-refractivity contribution >= 4 is 5.91 Å². The molecule has 0 atom stereocenters. The van der Waals surface area contributed by atoms with Gasteiger partial charge < -0.3 is 10.6 Å². The predicted octanol–water partition coefficient (Wildman–Crippen LogP) is 0.705.